The fraction of sp³-hybridized carbons (Fsp3) is 0.308. The summed E-state index contributed by atoms with van der Waals surface area (Å²) in [6.07, 6.45) is 1.62. The minimum Gasteiger partial charge on any atom is -0.376 e. The van der Waals surface area contributed by atoms with Crippen LogP contribution in [0.3, 0.4) is 0 Å². The predicted octanol–water partition coefficient (Wildman–Crippen LogP) is 6.04. The maximum absolute atomic E-state index is 13.6. The van der Waals surface area contributed by atoms with E-state index in [-0.39, 0.29) is 35.3 Å². The van der Waals surface area contributed by atoms with Crippen molar-refractivity contribution in [3.05, 3.63) is 91.8 Å². The highest BCUT2D eigenvalue weighted by atomic mass is 35.5. The van der Waals surface area contributed by atoms with E-state index in [4.69, 9.17) is 27.9 Å². The van der Waals surface area contributed by atoms with Gasteiger partial charge in [0.2, 0.25) is 5.91 Å². The van der Waals surface area contributed by atoms with Crippen molar-refractivity contribution in [3.63, 3.8) is 0 Å². The number of benzene rings is 2. The molecule has 0 spiro atoms. The number of carbonyl (C=O) groups is 2. The largest absolute Gasteiger partial charge is 0.376 e. The minimum atomic E-state index is -0.333. The number of halogens is 3. The van der Waals surface area contributed by atoms with Gasteiger partial charge >= 0.3 is 0 Å². The Balaban J connectivity index is 1.56. The van der Waals surface area contributed by atoms with Crippen LogP contribution in [0.15, 0.2) is 60.0 Å². The van der Waals surface area contributed by atoms with Gasteiger partial charge in [0.25, 0.3) is 5.91 Å². The lowest BCUT2D eigenvalue weighted by Crippen LogP contribution is -2.45. The molecule has 35 heavy (non-hydrogen) atoms. The third-order valence-corrected chi connectivity index (χ3v) is 7.39. The third-order valence-electron chi connectivity index (χ3n) is 5.79. The molecule has 4 rings (SSSR count). The van der Waals surface area contributed by atoms with E-state index in [2.05, 4.69) is 0 Å². The zero-order chi connectivity index (χ0) is 24.8. The SMILES string of the molecule is O=C(CN(C[C@@H]1CCCO1)C(=O)c1ccc(Cl)c(Cl)c1)N(Cc1ccc(F)cc1)Cc1cccs1. The van der Waals surface area contributed by atoms with Gasteiger partial charge in [-0.15, -0.1) is 11.3 Å². The van der Waals surface area contributed by atoms with E-state index in [1.54, 1.807) is 40.5 Å². The minimum absolute atomic E-state index is 0.120. The summed E-state index contributed by atoms with van der Waals surface area (Å²) in [5.41, 5.74) is 1.16. The summed E-state index contributed by atoms with van der Waals surface area (Å²) < 4.78 is 19.2. The molecule has 0 radical (unpaired) electrons. The van der Waals surface area contributed by atoms with Gasteiger partial charge in [0, 0.05) is 30.1 Å². The number of hydrogen-bond acceptors (Lipinski definition) is 4. The smallest absolute Gasteiger partial charge is 0.254 e. The quantitative estimate of drug-likeness (QED) is 0.336. The standard InChI is InChI=1S/C26H25Cl2FN2O3S/c27-23-10-7-19(13-24(23)28)26(33)31(15-21-3-1-11-34-21)17-25(32)30(16-22-4-2-12-35-22)14-18-5-8-20(29)9-6-18/h2,4-10,12-13,21H,1,3,11,14-17H2/t21-/m0/s1. The zero-order valence-electron chi connectivity index (χ0n) is 19.0. The van der Waals surface area contributed by atoms with Crippen LogP contribution in [0.1, 0.15) is 33.6 Å². The second-order valence-corrected chi connectivity index (χ2v) is 10.3. The van der Waals surface area contributed by atoms with Crippen molar-refractivity contribution < 1.29 is 18.7 Å². The normalized spacial score (nSPS) is 15.2. The van der Waals surface area contributed by atoms with E-state index in [1.807, 2.05) is 17.5 Å². The Labute approximate surface area is 218 Å². The number of carbonyl (C=O) groups excluding carboxylic acids is 2. The molecule has 1 fully saturated rings. The molecule has 0 bridgehead atoms. The second kappa shape index (κ2) is 12.0. The molecule has 1 saturated heterocycles. The first kappa shape index (κ1) is 25.6. The van der Waals surface area contributed by atoms with Crippen molar-refractivity contribution >= 4 is 46.4 Å². The Kier molecular flexibility index (Phi) is 8.78. The lowest BCUT2D eigenvalue weighted by Gasteiger charge is -2.29. The lowest BCUT2D eigenvalue weighted by atomic mass is 10.1. The molecule has 0 unspecified atom stereocenters. The zero-order valence-corrected chi connectivity index (χ0v) is 21.3. The third kappa shape index (κ3) is 7.04. The molecule has 0 aliphatic carbocycles. The van der Waals surface area contributed by atoms with E-state index >= 15 is 0 Å². The summed E-state index contributed by atoms with van der Waals surface area (Å²) in [6.45, 7) is 1.51. The van der Waals surface area contributed by atoms with E-state index in [0.29, 0.717) is 36.8 Å². The fourth-order valence-electron chi connectivity index (χ4n) is 3.96. The molecule has 1 aliphatic rings. The van der Waals surface area contributed by atoms with Crippen molar-refractivity contribution in [2.75, 3.05) is 19.7 Å². The Morgan fingerprint density at radius 2 is 1.83 bits per heavy atom. The molecule has 1 atom stereocenters. The van der Waals surface area contributed by atoms with E-state index in [1.165, 1.54) is 23.1 Å². The van der Waals surface area contributed by atoms with Gasteiger partial charge in [-0.25, -0.2) is 4.39 Å². The van der Waals surface area contributed by atoms with Gasteiger partial charge in [0.1, 0.15) is 12.4 Å². The Morgan fingerprint density at radius 1 is 1.03 bits per heavy atom. The molecule has 2 amide bonds. The molecular formula is C26H25Cl2FN2O3S. The molecule has 1 aromatic heterocycles. The van der Waals surface area contributed by atoms with Gasteiger partial charge in [-0.2, -0.15) is 0 Å². The number of nitrogens with zero attached hydrogens (tertiary/aromatic N) is 2. The maximum Gasteiger partial charge on any atom is 0.254 e. The molecule has 2 aromatic carbocycles. The van der Waals surface area contributed by atoms with Crippen LogP contribution in [0.25, 0.3) is 0 Å². The molecule has 2 heterocycles. The van der Waals surface area contributed by atoms with Crippen LogP contribution in [0, 0.1) is 5.82 Å². The van der Waals surface area contributed by atoms with Crippen LogP contribution >= 0.6 is 34.5 Å². The Bertz CT molecular complexity index is 1150. The Morgan fingerprint density at radius 3 is 2.49 bits per heavy atom. The monoisotopic (exact) mass is 534 g/mol. The van der Waals surface area contributed by atoms with Gasteiger partial charge in [0.05, 0.1) is 22.7 Å². The van der Waals surface area contributed by atoms with E-state index in [0.717, 1.165) is 23.3 Å². The molecule has 184 valence electrons. The van der Waals surface area contributed by atoms with Crippen molar-refractivity contribution in [2.45, 2.75) is 32.0 Å². The van der Waals surface area contributed by atoms with Crippen molar-refractivity contribution in [3.8, 4) is 0 Å². The molecule has 5 nitrogen and oxygen atoms in total. The first-order chi connectivity index (χ1) is 16.9. The summed E-state index contributed by atoms with van der Waals surface area (Å²) >= 11 is 13.7. The van der Waals surface area contributed by atoms with Crippen LogP contribution in [-0.4, -0.2) is 47.4 Å². The number of thiophene rings is 1. The van der Waals surface area contributed by atoms with Crippen LogP contribution in [0.2, 0.25) is 10.0 Å². The second-order valence-electron chi connectivity index (χ2n) is 8.41. The average molecular weight is 535 g/mol. The van der Waals surface area contributed by atoms with Crippen molar-refractivity contribution in [1.82, 2.24) is 9.80 Å². The van der Waals surface area contributed by atoms with Gasteiger partial charge in [-0.1, -0.05) is 41.4 Å². The molecule has 1 aliphatic heterocycles. The van der Waals surface area contributed by atoms with Crippen molar-refractivity contribution in [1.29, 1.82) is 0 Å². The van der Waals surface area contributed by atoms with E-state index < -0.39 is 0 Å². The lowest BCUT2D eigenvalue weighted by molar-refractivity contribution is -0.133. The van der Waals surface area contributed by atoms with Crippen LogP contribution in [0.4, 0.5) is 4.39 Å². The summed E-state index contributed by atoms with van der Waals surface area (Å²) in [5, 5.41) is 2.58. The number of rotatable bonds is 9. The van der Waals surface area contributed by atoms with Crippen LogP contribution in [0.5, 0.6) is 0 Å². The summed E-state index contributed by atoms with van der Waals surface area (Å²) in [6, 6.07) is 14.7. The van der Waals surface area contributed by atoms with Crippen LogP contribution < -0.4 is 0 Å². The molecule has 0 saturated carbocycles. The predicted molar refractivity (Wildman–Crippen MR) is 136 cm³/mol. The number of hydrogen-bond donors (Lipinski definition) is 0. The fourth-order valence-corrected chi connectivity index (χ4v) is 4.98. The van der Waals surface area contributed by atoms with Crippen molar-refractivity contribution in [2.24, 2.45) is 0 Å². The summed E-state index contributed by atoms with van der Waals surface area (Å²) in [5.74, 6) is -0.862. The number of ether oxygens (including phenoxy) is 1. The Hall–Kier alpha value is -2.45. The summed E-state index contributed by atoms with van der Waals surface area (Å²) in [4.78, 5) is 31.2. The van der Waals surface area contributed by atoms with Gasteiger partial charge in [0.15, 0.2) is 0 Å². The highest BCUT2D eigenvalue weighted by Crippen LogP contribution is 2.24. The van der Waals surface area contributed by atoms with E-state index in [9.17, 15) is 14.0 Å². The molecule has 0 N–H and O–H groups in total. The highest BCUT2D eigenvalue weighted by molar-refractivity contribution is 7.09. The summed E-state index contributed by atoms with van der Waals surface area (Å²) in [7, 11) is 0. The molecule has 3 aromatic rings. The molecule has 9 heteroatoms. The van der Waals surface area contributed by atoms with Crippen LogP contribution in [-0.2, 0) is 22.6 Å². The molecular weight excluding hydrogens is 510 g/mol. The first-order valence-corrected chi connectivity index (χ1v) is 12.9. The first-order valence-electron chi connectivity index (χ1n) is 11.3. The van der Waals surface area contributed by atoms with Gasteiger partial charge in [-0.3, -0.25) is 9.59 Å². The topological polar surface area (TPSA) is 49.9 Å². The number of amides is 2. The highest BCUT2D eigenvalue weighted by Gasteiger charge is 2.27. The van der Waals surface area contributed by atoms with Gasteiger partial charge in [-0.05, 0) is 60.2 Å². The maximum atomic E-state index is 13.6. The average Bonchev–Trinajstić information content (AvgIpc) is 3.55. The van der Waals surface area contributed by atoms with Gasteiger partial charge < -0.3 is 14.5 Å².